The summed E-state index contributed by atoms with van der Waals surface area (Å²) in [7, 11) is 0. The van der Waals surface area contributed by atoms with E-state index in [0.717, 1.165) is 44.1 Å². The minimum absolute atomic E-state index is 0.0204. The second-order valence-electron chi connectivity index (χ2n) is 11.0. The minimum Gasteiger partial charge on any atom is -0.308 e. The number of hydrogen-bond donors (Lipinski definition) is 3. The largest absolute Gasteiger partial charge is 0.416 e. The van der Waals surface area contributed by atoms with Gasteiger partial charge in [-0.05, 0) is 61.3 Å². The summed E-state index contributed by atoms with van der Waals surface area (Å²) in [5.74, 6) is 0.0499. The van der Waals surface area contributed by atoms with Crippen LogP contribution in [0.1, 0.15) is 30.9 Å². The molecule has 1 aliphatic carbocycles. The van der Waals surface area contributed by atoms with Gasteiger partial charge in [0.05, 0.1) is 11.3 Å². The lowest BCUT2D eigenvalue weighted by molar-refractivity contribution is -0.138. The first-order valence-corrected chi connectivity index (χ1v) is 15.4. The topological polar surface area (TPSA) is 102 Å². The molecule has 3 amide bonds. The highest BCUT2D eigenvalue weighted by Gasteiger charge is 2.34. The number of fused-ring (bicyclic) bond motifs is 1. The van der Waals surface area contributed by atoms with Crippen molar-refractivity contribution < 1.29 is 22.8 Å². The number of benzene rings is 2. The number of halogens is 3. The molecule has 3 heterocycles. The molecule has 2 aliphatic rings. The molecule has 0 unspecified atom stereocenters. The van der Waals surface area contributed by atoms with Crippen LogP contribution in [0.3, 0.4) is 0 Å². The summed E-state index contributed by atoms with van der Waals surface area (Å²) >= 11 is 1.29. The van der Waals surface area contributed by atoms with Gasteiger partial charge in [0.25, 0.3) is 0 Å². The molecule has 9 nitrogen and oxygen atoms in total. The number of aromatic nitrogens is 2. The number of hydrogen-bond acceptors (Lipinski definition) is 7. The summed E-state index contributed by atoms with van der Waals surface area (Å²) < 4.78 is 42.0. The van der Waals surface area contributed by atoms with Gasteiger partial charge in [-0.1, -0.05) is 36.5 Å². The third kappa shape index (κ3) is 7.17. The first-order chi connectivity index (χ1) is 21.1. The van der Waals surface area contributed by atoms with Gasteiger partial charge in [-0.3, -0.25) is 9.69 Å². The molecule has 2 fully saturated rings. The highest BCUT2D eigenvalue weighted by Crippen LogP contribution is 2.35. The number of urea groups is 1. The summed E-state index contributed by atoms with van der Waals surface area (Å²) in [6.45, 7) is 6.27. The number of rotatable bonds is 8. The molecule has 13 heteroatoms. The summed E-state index contributed by atoms with van der Waals surface area (Å²) in [6.07, 6.45) is -2.75. The molecule has 2 aromatic heterocycles. The molecule has 0 spiro atoms. The van der Waals surface area contributed by atoms with Crippen molar-refractivity contribution in [2.75, 3.05) is 48.7 Å². The monoisotopic (exact) mass is 623 g/mol. The lowest BCUT2D eigenvalue weighted by Gasteiger charge is -2.34. The lowest BCUT2D eigenvalue weighted by Crippen LogP contribution is -2.45. The first-order valence-electron chi connectivity index (χ1n) is 14.6. The van der Waals surface area contributed by atoms with Crippen LogP contribution < -0.4 is 16.0 Å². The second-order valence-corrected chi connectivity index (χ2v) is 12.0. The summed E-state index contributed by atoms with van der Waals surface area (Å²) in [5, 5.41) is 8.59. The van der Waals surface area contributed by atoms with Gasteiger partial charge >= 0.3 is 12.2 Å². The SMILES string of the molecule is CCN1CCN(Cc2ccc(NC(=O)Nc3cccc(-c4ccc5nc(NC(=O)C6CC6)sc5n4)c3)cc2C(F)(F)F)CC1. The van der Waals surface area contributed by atoms with E-state index >= 15 is 0 Å². The number of thiazole rings is 1. The zero-order valence-electron chi connectivity index (χ0n) is 24.1. The molecule has 44 heavy (non-hydrogen) atoms. The third-order valence-electron chi connectivity index (χ3n) is 7.83. The molecule has 2 aromatic carbocycles. The van der Waals surface area contributed by atoms with E-state index < -0.39 is 17.8 Å². The van der Waals surface area contributed by atoms with Crippen molar-refractivity contribution >= 4 is 50.1 Å². The smallest absolute Gasteiger partial charge is 0.308 e. The summed E-state index contributed by atoms with van der Waals surface area (Å²) in [6, 6.07) is 13.9. The van der Waals surface area contributed by atoms with Crippen LogP contribution in [0.4, 0.5) is 34.5 Å². The zero-order valence-corrected chi connectivity index (χ0v) is 24.9. The fraction of sp³-hybridized carbons (Fsp3) is 0.355. The van der Waals surface area contributed by atoms with E-state index in [2.05, 4.69) is 37.7 Å². The van der Waals surface area contributed by atoms with Crippen molar-refractivity contribution in [3.05, 3.63) is 65.7 Å². The van der Waals surface area contributed by atoms with Gasteiger partial charge < -0.3 is 20.9 Å². The minimum atomic E-state index is -4.56. The number of nitrogens with zero attached hydrogens (tertiary/aromatic N) is 4. The number of carbonyl (C=O) groups excluding carboxylic acids is 2. The van der Waals surface area contributed by atoms with Gasteiger partial charge in [-0.2, -0.15) is 13.2 Å². The maximum atomic E-state index is 14.0. The molecule has 0 radical (unpaired) electrons. The quantitative estimate of drug-likeness (QED) is 0.207. The van der Waals surface area contributed by atoms with Crippen LogP contribution in [0.25, 0.3) is 21.6 Å². The number of anilines is 3. The number of nitrogens with one attached hydrogen (secondary N) is 3. The zero-order chi connectivity index (χ0) is 30.8. The van der Waals surface area contributed by atoms with E-state index in [1.807, 2.05) is 17.0 Å². The molecule has 6 rings (SSSR count). The highest BCUT2D eigenvalue weighted by molar-refractivity contribution is 7.22. The fourth-order valence-electron chi connectivity index (χ4n) is 5.19. The number of alkyl halides is 3. The van der Waals surface area contributed by atoms with Crippen molar-refractivity contribution in [2.45, 2.75) is 32.5 Å². The van der Waals surface area contributed by atoms with Crippen LogP contribution in [0.5, 0.6) is 0 Å². The molecule has 1 saturated carbocycles. The van der Waals surface area contributed by atoms with E-state index in [0.29, 0.717) is 39.9 Å². The van der Waals surface area contributed by atoms with Gasteiger partial charge in [0.1, 0.15) is 10.3 Å². The Kier molecular flexibility index (Phi) is 8.52. The molecule has 3 N–H and O–H groups in total. The molecular formula is C31H32F3N7O2S. The van der Waals surface area contributed by atoms with Gasteiger partial charge in [0, 0.05) is 55.6 Å². The molecule has 0 bridgehead atoms. The predicted molar refractivity (Wildman–Crippen MR) is 166 cm³/mol. The number of amides is 3. The molecule has 1 saturated heterocycles. The van der Waals surface area contributed by atoms with Crippen LogP contribution in [0.15, 0.2) is 54.6 Å². The van der Waals surface area contributed by atoms with Crippen LogP contribution in [-0.4, -0.2) is 64.4 Å². The number of piperazine rings is 1. The molecular weight excluding hydrogens is 591 g/mol. The van der Waals surface area contributed by atoms with Crippen LogP contribution in [-0.2, 0) is 17.5 Å². The average molecular weight is 624 g/mol. The summed E-state index contributed by atoms with van der Waals surface area (Å²) in [4.78, 5) is 39.0. The average Bonchev–Trinajstić information content (AvgIpc) is 3.78. The van der Waals surface area contributed by atoms with E-state index in [1.54, 1.807) is 24.3 Å². The van der Waals surface area contributed by atoms with E-state index in [1.165, 1.54) is 23.5 Å². The van der Waals surface area contributed by atoms with Crippen LogP contribution >= 0.6 is 11.3 Å². The Morgan fingerprint density at radius 1 is 0.909 bits per heavy atom. The Morgan fingerprint density at radius 3 is 2.34 bits per heavy atom. The highest BCUT2D eigenvalue weighted by atomic mass is 32.1. The Bertz CT molecular complexity index is 1680. The van der Waals surface area contributed by atoms with Gasteiger partial charge in [0.2, 0.25) is 5.91 Å². The molecule has 1 aliphatic heterocycles. The Labute approximate surface area is 256 Å². The van der Waals surface area contributed by atoms with Gasteiger partial charge in [-0.25, -0.2) is 14.8 Å². The fourth-order valence-corrected chi connectivity index (χ4v) is 6.04. The van der Waals surface area contributed by atoms with Crippen LogP contribution in [0.2, 0.25) is 0 Å². The van der Waals surface area contributed by atoms with Gasteiger partial charge in [0.15, 0.2) is 5.13 Å². The Hall–Kier alpha value is -4.07. The van der Waals surface area contributed by atoms with Crippen molar-refractivity contribution in [3.63, 3.8) is 0 Å². The van der Waals surface area contributed by atoms with Crippen molar-refractivity contribution in [1.29, 1.82) is 0 Å². The van der Waals surface area contributed by atoms with Crippen LogP contribution in [0, 0.1) is 5.92 Å². The molecule has 0 atom stereocenters. The molecule has 230 valence electrons. The van der Waals surface area contributed by atoms with E-state index in [4.69, 9.17) is 0 Å². The van der Waals surface area contributed by atoms with Crippen molar-refractivity contribution in [3.8, 4) is 11.3 Å². The Balaban J connectivity index is 1.12. The van der Waals surface area contributed by atoms with Gasteiger partial charge in [-0.15, -0.1) is 0 Å². The summed E-state index contributed by atoms with van der Waals surface area (Å²) in [5.41, 5.74) is 1.97. The van der Waals surface area contributed by atoms with Crippen molar-refractivity contribution in [1.82, 2.24) is 19.8 Å². The predicted octanol–water partition coefficient (Wildman–Crippen LogP) is 6.51. The first kappa shape index (κ1) is 30.0. The lowest BCUT2D eigenvalue weighted by atomic mass is 10.0. The third-order valence-corrected chi connectivity index (χ3v) is 8.71. The number of likely N-dealkylation sites (N-methyl/N-ethyl adjacent to an activating group) is 1. The van der Waals surface area contributed by atoms with E-state index in [9.17, 15) is 22.8 Å². The maximum absolute atomic E-state index is 14.0. The van der Waals surface area contributed by atoms with E-state index in [-0.39, 0.29) is 29.6 Å². The normalized spacial score (nSPS) is 16.2. The number of pyridine rings is 1. The van der Waals surface area contributed by atoms with Crippen molar-refractivity contribution in [2.24, 2.45) is 5.92 Å². The Morgan fingerprint density at radius 2 is 1.64 bits per heavy atom. The maximum Gasteiger partial charge on any atom is 0.416 e. The standard InChI is InChI=1S/C31H32F3N7O2S/c1-2-40-12-14-41(15-13-40)18-21-8-9-23(17-24(21)31(32,33)34)36-29(43)35-22-5-3-4-20(16-22)25-10-11-26-28(37-25)44-30(38-26)39-27(42)19-6-7-19/h3-5,8-11,16-17,19H,2,6-7,12-15,18H2,1H3,(H2,35,36,43)(H,38,39,42). The number of carbonyl (C=O) groups is 2. The second kappa shape index (κ2) is 12.5. The molecule has 4 aromatic rings.